The van der Waals surface area contributed by atoms with Crippen LogP contribution in [0.3, 0.4) is 0 Å². The zero-order valence-corrected chi connectivity index (χ0v) is 12.1. The highest BCUT2D eigenvalue weighted by Gasteiger charge is 2.12. The lowest BCUT2D eigenvalue weighted by molar-refractivity contribution is 0.533. The summed E-state index contributed by atoms with van der Waals surface area (Å²) in [4.78, 5) is 27.0. The predicted octanol–water partition coefficient (Wildman–Crippen LogP) is 2.63. The van der Waals surface area contributed by atoms with E-state index in [4.69, 9.17) is 8.83 Å². The molecule has 0 bridgehead atoms. The van der Waals surface area contributed by atoms with Crippen LogP contribution in [0.5, 0.6) is 0 Å². The second-order valence-electron chi connectivity index (χ2n) is 4.82. The van der Waals surface area contributed by atoms with Gasteiger partial charge in [0.05, 0.1) is 18.1 Å². The van der Waals surface area contributed by atoms with Crippen LogP contribution in [-0.2, 0) is 0 Å². The predicted molar refractivity (Wildman–Crippen MR) is 82.4 cm³/mol. The van der Waals surface area contributed by atoms with Gasteiger partial charge in [0.15, 0.2) is 0 Å². The monoisotopic (exact) mass is 298 g/mol. The number of aryl methyl sites for hydroxylation is 2. The maximum Gasteiger partial charge on any atom is 0.332 e. The van der Waals surface area contributed by atoms with Crippen molar-refractivity contribution in [1.82, 2.24) is 9.55 Å². The Labute approximate surface area is 125 Å². The van der Waals surface area contributed by atoms with Crippen molar-refractivity contribution in [2.75, 3.05) is 0 Å². The smallest absolute Gasteiger partial charge is 0.332 e. The van der Waals surface area contributed by atoms with E-state index in [0.717, 1.165) is 10.1 Å². The lowest BCUT2D eigenvalue weighted by Crippen LogP contribution is -2.32. The fourth-order valence-electron chi connectivity index (χ4n) is 2.20. The fraction of sp³-hybridized carbons (Fsp3) is 0.125. The molecule has 0 aliphatic rings. The molecule has 112 valence electrons. The summed E-state index contributed by atoms with van der Waals surface area (Å²) >= 11 is 0. The molecule has 0 saturated carbocycles. The van der Waals surface area contributed by atoms with E-state index in [-0.39, 0.29) is 0 Å². The van der Waals surface area contributed by atoms with E-state index in [0.29, 0.717) is 22.6 Å². The van der Waals surface area contributed by atoms with E-state index in [2.05, 4.69) is 4.98 Å². The molecule has 0 unspecified atom stereocenters. The van der Waals surface area contributed by atoms with Crippen molar-refractivity contribution in [3.8, 4) is 11.1 Å². The molecule has 0 fully saturated rings. The summed E-state index contributed by atoms with van der Waals surface area (Å²) in [6, 6.07) is 3.45. The molecule has 3 aromatic heterocycles. The number of aromatic amines is 1. The Bertz CT molecular complexity index is 953. The zero-order chi connectivity index (χ0) is 15.7. The van der Waals surface area contributed by atoms with E-state index < -0.39 is 11.2 Å². The Balaban J connectivity index is 2.11. The van der Waals surface area contributed by atoms with Gasteiger partial charge < -0.3 is 13.8 Å². The van der Waals surface area contributed by atoms with Gasteiger partial charge in [0, 0.05) is 23.5 Å². The summed E-state index contributed by atoms with van der Waals surface area (Å²) in [5, 5.41) is 0. The molecule has 3 rings (SSSR count). The molecule has 0 aromatic carbocycles. The topological polar surface area (TPSA) is 81.1 Å². The first-order valence-corrected chi connectivity index (χ1v) is 6.69. The van der Waals surface area contributed by atoms with Gasteiger partial charge in [-0.25, -0.2) is 9.36 Å². The van der Waals surface area contributed by atoms with Crippen LogP contribution in [0.15, 0.2) is 49.3 Å². The van der Waals surface area contributed by atoms with Gasteiger partial charge in [0.2, 0.25) is 0 Å². The van der Waals surface area contributed by atoms with Crippen molar-refractivity contribution < 1.29 is 8.83 Å². The Morgan fingerprint density at radius 1 is 1.05 bits per heavy atom. The van der Waals surface area contributed by atoms with Gasteiger partial charge >= 0.3 is 5.69 Å². The summed E-state index contributed by atoms with van der Waals surface area (Å²) in [6.07, 6.45) is 7.53. The van der Waals surface area contributed by atoms with E-state index >= 15 is 0 Å². The molecule has 3 heterocycles. The van der Waals surface area contributed by atoms with Crippen molar-refractivity contribution in [2.24, 2.45) is 0 Å². The lowest BCUT2D eigenvalue weighted by atomic mass is 10.1. The molecule has 3 aromatic rings. The first-order valence-electron chi connectivity index (χ1n) is 6.69. The quantitative estimate of drug-likeness (QED) is 0.806. The lowest BCUT2D eigenvalue weighted by Gasteiger charge is -2.02. The molecular formula is C16H14N2O4. The number of rotatable bonds is 3. The highest BCUT2D eigenvalue weighted by molar-refractivity contribution is 5.65. The van der Waals surface area contributed by atoms with E-state index in [9.17, 15) is 9.59 Å². The summed E-state index contributed by atoms with van der Waals surface area (Å²) in [7, 11) is 0. The molecule has 6 heteroatoms. The Hall–Kier alpha value is -3.02. The standard InChI is InChI=1S/C16H14N2O4/c1-10-12(4-7-21-10)3-6-18-15(19)14(9-17-16(18)20)13-5-8-22-11(13)2/h3-9H,1-2H3,(H,17,20)/b6-3+. The van der Waals surface area contributed by atoms with Crippen LogP contribution in [0.2, 0.25) is 0 Å². The second-order valence-corrected chi connectivity index (χ2v) is 4.82. The van der Waals surface area contributed by atoms with Crippen LogP contribution >= 0.6 is 0 Å². The highest BCUT2D eigenvalue weighted by Crippen LogP contribution is 2.19. The first-order chi connectivity index (χ1) is 10.6. The second kappa shape index (κ2) is 5.40. The zero-order valence-electron chi connectivity index (χ0n) is 12.1. The maximum absolute atomic E-state index is 12.5. The van der Waals surface area contributed by atoms with Crippen molar-refractivity contribution in [1.29, 1.82) is 0 Å². The first kappa shape index (κ1) is 13.9. The molecule has 0 aliphatic heterocycles. The van der Waals surface area contributed by atoms with Gasteiger partial charge in [0.1, 0.15) is 11.5 Å². The molecule has 22 heavy (non-hydrogen) atoms. The fourth-order valence-corrected chi connectivity index (χ4v) is 2.20. The SMILES string of the molecule is Cc1occc1/C=C/n1c(=O)[nH]cc(-c2ccoc2C)c1=O. The Morgan fingerprint density at radius 3 is 2.41 bits per heavy atom. The van der Waals surface area contributed by atoms with E-state index in [1.165, 1.54) is 18.7 Å². The van der Waals surface area contributed by atoms with Crippen LogP contribution < -0.4 is 11.2 Å². The summed E-state index contributed by atoms with van der Waals surface area (Å²) in [6.45, 7) is 3.56. The number of nitrogens with one attached hydrogen (secondary N) is 1. The minimum absolute atomic E-state index is 0.374. The number of H-pyrrole nitrogens is 1. The molecule has 0 atom stereocenters. The number of hydrogen-bond donors (Lipinski definition) is 1. The van der Waals surface area contributed by atoms with Crippen molar-refractivity contribution >= 4 is 12.3 Å². The number of aromatic nitrogens is 2. The number of hydrogen-bond acceptors (Lipinski definition) is 4. The van der Waals surface area contributed by atoms with Crippen molar-refractivity contribution in [3.05, 3.63) is 68.8 Å². The molecule has 0 radical (unpaired) electrons. The average molecular weight is 298 g/mol. The summed E-state index contributed by atoms with van der Waals surface area (Å²) < 4.78 is 11.4. The number of nitrogens with zero attached hydrogens (tertiary/aromatic N) is 1. The third kappa shape index (κ3) is 2.35. The van der Waals surface area contributed by atoms with Crippen LogP contribution in [-0.4, -0.2) is 9.55 Å². The van der Waals surface area contributed by atoms with Crippen LogP contribution in [0.4, 0.5) is 0 Å². The Morgan fingerprint density at radius 2 is 1.77 bits per heavy atom. The van der Waals surface area contributed by atoms with Gasteiger partial charge in [-0.2, -0.15) is 0 Å². The van der Waals surface area contributed by atoms with E-state index in [1.54, 1.807) is 38.3 Å². The summed E-state index contributed by atoms with van der Waals surface area (Å²) in [5.41, 5.74) is 0.913. The van der Waals surface area contributed by atoms with E-state index in [1.807, 2.05) is 0 Å². The van der Waals surface area contributed by atoms with Gasteiger partial charge in [-0.1, -0.05) is 0 Å². The minimum Gasteiger partial charge on any atom is -0.469 e. The molecule has 6 nitrogen and oxygen atoms in total. The summed E-state index contributed by atoms with van der Waals surface area (Å²) in [5.74, 6) is 1.33. The van der Waals surface area contributed by atoms with Crippen molar-refractivity contribution in [2.45, 2.75) is 13.8 Å². The third-order valence-electron chi connectivity index (χ3n) is 3.46. The molecule has 0 saturated heterocycles. The molecule has 1 N–H and O–H groups in total. The van der Waals surface area contributed by atoms with Crippen LogP contribution in [0.25, 0.3) is 23.4 Å². The average Bonchev–Trinajstić information content (AvgIpc) is 3.08. The van der Waals surface area contributed by atoms with Crippen LogP contribution in [0.1, 0.15) is 17.1 Å². The highest BCUT2D eigenvalue weighted by atomic mass is 16.3. The maximum atomic E-state index is 12.5. The number of furan rings is 2. The third-order valence-corrected chi connectivity index (χ3v) is 3.46. The molecule has 0 aliphatic carbocycles. The van der Waals surface area contributed by atoms with Gasteiger partial charge in [-0.3, -0.25) is 4.79 Å². The van der Waals surface area contributed by atoms with Gasteiger partial charge in [0.25, 0.3) is 5.56 Å². The van der Waals surface area contributed by atoms with Crippen LogP contribution in [0, 0.1) is 13.8 Å². The molecular weight excluding hydrogens is 284 g/mol. The largest absolute Gasteiger partial charge is 0.469 e. The van der Waals surface area contributed by atoms with Gasteiger partial charge in [-0.05, 0) is 32.1 Å². The van der Waals surface area contributed by atoms with Crippen molar-refractivity contribution in [3.63, 3.8) is 0 Å². The normalized spacial score (nSPS) is 11.4. The van der Waals surface area contributed by atoms with Gasteiger partial charge in [-0.15, -0.1) is 0 Å². The Kier molecular flexibility index (Phi) is 3.42. The molecule has 0 spiro atoms. The molecule has 0 amide bonds. The minimum atomic E-state index is -0.507.